The Kier molecular flexibility index (Phi) is 3.25. The maximum absolute atomic E-state index is 13.8. The van der Waals surface area contributed by atoms with E-state index in [0.717, 1.165) is 25.8 Å². The summed E-state index contributed by atoms with van der Waals surface area (Å²) in [6.45, 7) is 1.19. The van der Waals surface area contributed by atoms with Crippen LogP contribution in [-0.4, -0.2) is 55.6 Å². The lowest BCUT2D eigenvalue weighted by Gasteiger charge is -2.27. The van der Waals surface area contributed by atoms with Crippen LogP contribution in [0.2, 0.25) is 0 Å². The van der Waals surface area contributed by atoms with Crippen LogP contribution in [0, 0.1) is 11.8 Å². The molecule has 1 saturated carbocycles. The Bertz CT molecular complexity index is 378. The number of alkyl halides is 2. The maximum atomic E-state index is 13.8. The van der Waals surface area contributed by atoms with Crippen molar-refractivity contribution in [2.75, 3.05) is 26.7 Å². The molecule has 0 aromatic heterocycles. The van der Waals surface area contributed by atoms with Gasteiger partial charge in [-0.3, -0.25) is 9.69 Å². The molecule has 2 aliphatic heterocycles. The van der Waals surface area contributed by atoms with Gasteiger partial charge in [0, 0.05) is 12.6 Å². The topological polar surface area (TPSA) is 41.6 Å². The van der Waals surface area contributed by atoms with E-state index in [1.54, 1.807) is 0 Å². The number of hydrogen-bond acceptors (Lipinski definition) is 4. The summed E-state index contributed by atoms with van der Waals surface area (Å²) in [5.41, 5.74) is 0. The van der Waals surface area contributed by atoms with Crippen LogP contribution in [0.5, 0.6) is 0 Å². The molecule has 3 rings (SSSR count). The van der Waals surface area contributed by atoms with Crippen molar-refractivity contribution in [2.45, 2.75) is 37.3 Å². The normalized spacial score (nSPS) is 40.2. The number of likely N-dealkylation sites (tertiary alicyclic amines) is 1. The Morgan fingerprint density at radius 1 is 1.53 bits per heavy atom. The summed E-state index contributed by atoms with van der Waals surface area (Å²) in [6.07, 6.45) is 2.47. The highest BCUT2D eigenvalue weighted by Crippen LogP contribution is 2.43. The molecule has 1 N–H and O–H groups in total. The number of halogens is 2. The molecule has 0 radical (unpaired) electrons. The molecule has 4 atom stereocenters. The molecule has 2 heterocycles. The maximum Gasteiger partial charge on any atom is 0.308 e. The molecule has 4 nitrogen and oxygen atoms in total. The van der Waals surface area contributed by atoms with Crippen molar-refractivity contribution >= 4 is 5.97 Å². The fraction of sp³-hybridized carbons (Fsp3) is 0.923. The number of hydrogen-bond donors (Lipinski definition) is 1. The molecule has 2 saturated heterocycles. The summed E-state index contributed by atoms with van der Waals surface area (Å²) in [7, 11) is 1.40. The zero-order chi connectivity index (χ0) is 13.6. The van der Waals surface area contributed by atoms with Crippen molar-refractivity contribution in [3.63, 3.8) is 0 Å². The Morgan fingerprint density at radius 2 is 2.32 bits per heavy atom. The molecular formula is C13H20F2N2O2. The monoisotopic (exact) mass is 274 g/mol. The van der Waals surface area contributed by atoms with E-state index in [9.17, 15) is 13.6 Å². The van der Waals surface area contributed by atoms with Gasteiger partial charge in [-0.25, -0.2) is 8.78 Å². The van der Waals surface area contributed by atoms with Gasteiger partial charge in [-0.05, 0) is 31.7 Å². The van der Waals surface area contributed by atoms with Crippen LogP contribution in [0.1, 0.15) is 19.3 Å². The lowest BCUT2D eigenvalue weighted by Crippen LogP contribution is -2.45. The van der Waals surface area contributed by atoms with Crippen molar-refractivity contribution in [1.29, 1.82) is 0 Å². The first-order valence-corrected chi connectivity index (χ1v) is 6.96. The van der Waals surface area contributed by atoms with E-state index >= 15 is 0 Å². The summed E-state index contributed by atoms with van der Waals surface area (Å²) in [5.74, 6) is -2.44. The Hall–Kier alpha value is -0.750. The largest absolute Gasteiger partial charge is 0.469 e. The average molecular weight is 274 g/mol. The highest BCUT2D eigenvalue weighted by atomic mass is 19.3. The van der Waals surface area contributed by atoms with E-state index in [1.807, 2.05) is 4.90 Å². The van der Waals surface area contributed by atoms with Gasteiger partial charge in [0.2, 0.25) is 0 Å². The zero-order valence-electron chi connectivity index (χ0n) is 11.1. The minimum atomic E-state index is -2.62. The summed E-state index contributed by atoms with van der Waals surface area (Å²) >= 11 is 0. The fourth-order valence-electron chi connectivity index (χ4n) is 3.59. The van der Waals surface area contributed by atoms with E-state index in [1.165, 1.54) is 7.11 Å². The minimum Gasteiger partial charge on any atom is -0.469 e. The molecule has 19 heavy (non-hydrogen) atoms. The quantitative estimate of drug-likeness (QED) is 0.772. The second-order valence-corrected chi connectivity index (χ2v) is 5.93. The highest BCUT2D eigenvalue weighted by Gasteiger charge is 2.55. The number of nitrogens with zero attached hydrogens (tertiary/aromatic N) is 1. The van der Waals surface area contributed by atoms with E-state index in [0.29, 0.717) is 12.5 Å². The van der Waals surface area contributed by atoms with Gasteiger partial charge in [-0.2, -0.15) is 0 Å². The zero-order valence-corrected chi connectivity index (χ0v) is 11.1. The number of esters is 1. The average Bonchev–Trinajstić information content (AvgIpc) is 2.93. The van der Waals surface area contributed by atoms with Crippen molar-refractivity contribution in [3.8, 4) is 0 Å². The van der Waals surface area contributed by atoms with Crippen LogP contribution >= 0.6 is 0 Å². The van der Waals surface area contributed by atoms with Crippen LogP contribution in [0.3, 0.4) is 0 Å². The third-order valence-electron chi connectivity index (χ3n) is 4.75. The van der Waals surface area contributed by atoms with Crippen LogP contribution in [0.15, 0.2) is 0 Å². The Morgan fingerprint density at radius 3 is 3.05 bits per heavy atom. The molecule has 0 bridgehead atoms. The van der Waals surface area contributed by atoms with Gasteiger partial charge in [0.1, 0.15) is 0 Å². The fourth-order valence-corrected chi connectivity index (χ4v) is 3.59. The molecular weight excluding hydrogens is 254 g/mol. The summed E-state index contributed by atoms with van der Waals surface area (Å²) in [5, 5.41) is 2.91. The molecule has 6 heteroatoms. The van der Waals surface area contributed by atoms with Crippen molar-refractivity contribution in [1.82, 2.24) is 10.2 Å². The third-order valence-corrected chi connectivity index (χ3v) is 4.75. The Labute approximate surface area is 111 Å². The molecule has 3 fully saturated rings. The van der Waals surface area contributed by atoms with Gasteiger partial charge >= 0.3 is 5.97 Å². The number of carbonyl (C=O) groups excluding carboxylic acids is 1. The molecule has 0 spiro atoms. The Balaban J connectivity index is 1.50. The number of fused-ring (bicyclic) bond motifs is 1. The van der Waals surface area contributed by atoms with Gasteiger partial charge in [-0.1, -0.05) is 0 Å². The molecule has 1 aliphatic carbocycles. The van der Waals surface area contributed by atoms with E-state index in [-0.39, 0.29) is 24.5 Å². The molecule has 3 aliphatic rings. The lowest BCUT2D eigenvalue weighted by molar-refractivity contribution is -0.142. The number of rotatable bonds is 4. The smallest absolute Gasteiger partial charge is 0.308 e. The van der Waals surface area contributed by atoms with E-state index in [4.69, 9.17) is 4.74 Å². The van der Waals surface area contributed by atoms with Crippen molar-refractivity contribution < 1.29 is 18.3 Å². The van der Waals surface area contributed by atoms with E-state index in [2.05, 4.69) is 5.32 Å². The number of nitrogens with one attached hydrogen (secondary N) is 1. The minimum absolute atomic E-state index is 0.00520. The molecule has 108 valence electrons. The number of methoxy groups -OCH3 is 1. The predicted octanol–water partition coefficient (Wildman–Crippen LogP) is 0.867. The van der Waals surface area contributed by atoms with Crippen molar-refractivity contribution in [2.24, 2.45) is 11.8 Å². The van der Waals surface area contributed by atoms with Gasteiger partial charge in [0.15, 0.2) is 0 Å². The first-order chi connectivity index (χ1) is 9.03. The third kappa shape index (κ3) is 2.36. The summed E-state index contributed by atoms with van der Waals surface area (Å²) in [4.78, 5) is 13.2. The first kappa shape index (κ1) is 13.2. The first-order valence-electron chi connectivity index (χ1n) is 6.96. The predicted molar refractivity (Wildman–Crippen MR) is 64.9 cm³/mol. The molecule has 0 aromatic rings. The van der Waals surface area contributed by atoms with Gasteiger partial charge in [-0.15, -0.1) is 0 Å². The van der Waals surface area contributed by atoms with Crippen LogP contribution < -0.4 is 5.32 Å². The number of ether oxygens (including phenoxy) is 1. The number of carbonyl (C=O) groups is 1. The van der Waals surface area contributed by atoms with E-state index < -0.39 is 12.0 Å². The molecule has 0 amide bonds. The van der Waals surface area contributed by atoms with Crippen LogP contribution in [-0.2, 0) is 9.53 Å². The van der Waals surface area contributed by atoms with Crippen LogP contribution in [0.25, 0.3) is 0 Å². The van der Waals surface area contributed by atoms with Gasteiger partial charge in [0.25, 0.3) is 5.92 Å². The van der Waals surface area contributed by atoms with Crippen LogP contribution in [0.4, 0.5) is 8.78 Å². The molecule has 2 unspecified atom stereocenters. The lowest BCUT2D eigenvalue weighted by atomic mass is 10.1. The van der Waals surface area contributed by atoms with Gasteiger partial charge in [0.05, 0.1) is 25.6 Å². The van der Waals surface area contributed by atoms with Crippen molar-refractivity contribution in [3.05, 3.63) is 0 Å². The standard InChI is InChI=1S/C13H20F2N2O2/c1-19-12(18)9-6-8(9)2-4-17-5-3-10-11(17)13(14,15)7-16-10/h8-11,16H,2-7H2,1H3/t8-,9-,10?,11?/m1/s1. The summed E-state index contributed by atoms with van der Waals surface area (Å²) < 4.78 is 32.2. The summed E-state index contributed by atoms with van der Waals surface area (Å²) in [6, 6.07) is -0.714. The second kappa shape index (κ2) is 4.66. The molecule has 0 aromatic carbocycles. The van der Waals surface area contributed by atoms with Gasteiger partial charge < -0.3 is 10.1 Å². The second-order valence-electron chi connectivity index (χ2n) is 5.93. The highest BCUT2D eigenvalue weighted by molar-refractivity contribution is 5.75. The SMILES string of the molecule is COC(=O)[C@@H]1C[C@H]1CCN1CCC2NCC(F)(F)C21.